The molecule has 3 heteroatoms. The molecule has 0 aliphatic rings. The molecule has 0 saturated carbocycles. The highest BCUT2D eigenvalue weighted by Gasteiger charge is 1.97. The second-order valence-corrected chi connectivity index (χ2v) is 3.63. The Bertz CT molecular complexity index is 442. The minimum atomic E-state index is 0.648. The maximum atomic E-state index is 5.03. The van der Waals surface area contributed by atoms with Gasteiger partial charge in [-0.3, -0.25) is 0 Å². The van der Waals surface area contributed by atoms with Gasteiger partial charge in [-0.1, -0.05) is 22.0 Å². The second kappa shape index (κ2) is 3.34. The summed E-state index contributed by atoms with van der Waals surface area (Å²) in [5, 5.41) is 2.24. The molecular weight excluding hydrogens is 230 g/mol. The minimum Gasteiger partial charge on any atom is -0.481 e. The van der Waals surface area contributed by atoms with Crippen LogP contribution in [0, 0.1) is 0 Å². The van der Waals surface area contributed by atoms with Gasteiger partial charge >= 0.3 is 0 Å². The van der Waals surface area contributed by atoms with E-state index in [1.165, 1.54) is 0 Å². The molecule has 13 heavy (non-hydrogen) atoms. The number of nitrogens with zero attached hydrogens (tertiary/aromatic N) is 1. The first-order valence-corrected chi connectivity index (χ1v) is 4.68. The molecule has 1 aromatic heterocycles. The summed E-state index contributed by atoms with van der Waals surface area (Å²) in [7, 11) is 1.62. The van der Waals surface area contributed by atoms with Crippen molar-refractivity contribution in [3.8, 4) is 5.88 Å². The van der Waals surface area contributed by atoms with Crippen LogP contribution < -0.4 is 4.74 Å². The van der Waals surface area contributed by atoms with E-state index in [0.29, 0.717) is 5.88 Å². The summed E-state index contributed by atoms with van der Waals surface area (Å²) in [5.74, 6) is 0.648. The molecular formula is C10H8BrNO. The Morgan fingerprint density at radius 2 is 2.08 bits per heavy atom. The zero-order chi connectivity index (χ0) is 9.26. The lowest BCUT2D eigenvalue weighted by Crippen LogP contribution is -1.86. The molecule has 0 saturated heterocycles. The van der Waals surface area contributed by atoms with E-state index in [9.17, 15) is 0 Å². The smallest absolute Gasteiger partial charge is 0.213 e. The highest BCUT2D eigenvalue weighted by Crippen LogP contribution is 2.21. The first-order valence-electron chi connectivity index (χ1n) is 3.89. The Kier molecular flexibility index (Phi) is 2.19. The maximum absolute atomic E-state index is 5.03. The Hall–Kier alpha value is -1.09. The number of methoxy groups -OCH3 is 1. The first-order chi connectivity index (χ1) is 6.29. The van der Waals surface area contributed by atoms with E-state index in [4.69, 9.17) is 4.74 Å². The Labute approximate surface area is 84.7 Å². The average Bonchev–Trinajstić information content (AvgIpc) is 2.17. The summed E-state index contributed by atoms with van der Waals surface area (Å²) < 4.78 is 6.09. The monoisotopic (exact) mass is 237 g/mol. The van der Waals surface area contributed by atoms with Crippen LogP contribution in [0.15, 0.2) is 34.9 Å². The van der Waals surface area contributed by atoms with Gasteiger partial charge in [0.1, 0.15) is 0 Å². The highest BCUT2D eigenvalue weighted by molar-refractivity contribution is 9.10. The lowest BCUT2D eigenvalue weighted by Gasteiger charge is -2.01. The zero-order valence-corrected chi connectivity index (χ0v) is 8.71. The van der Waals surface area contributed by atoms with E-state index in [-0.39, 0.29) is 0 Å². The van der Waals surface area contributed by atoms with Crippen molar-refractivity contribution in [3.63, 3.8) is 0 Å². The van der Waals surface area contributed by atoms with Crippen LogP contribution in [-0.2, 0) is 0 Å². The molecule has 0 aliphatic carbocycles. The van der Waals surface area contributed by atoms with Gasteiger partial charge < -0.3 is 4.74 Å². The zero-order valence-electron chi connectivity index (χ0n) is 7.12. The van der Waals surface area contributed by atoms with Crippen molar-refractivity contribution in [2.75, 3.05) is 7.11 Å². The summed E-state index contributed by atoms with van der Waals surface area (Å²) in [4.78, 5) is 4.12. The molecule has 0 bridgehead atoms. The van der Waals surface area contributed by atoms with Crippen LogP contribution in [0.1, 0.15) is 0 Å². The number of ether oxygens (including phenoxy) is 1. The standard InChI is InChI=1S/C10H8BrNO/c1-13-10-5-7-2-3-9(11)4-8(7)6-12-10/h2-6H,1H3. The molecule has 0 unspecified atom stereocenters. The third-order valence-electron chi connectivity index (χ3n) is 1.87. The van der Waals surface area contributed by atoms with E-state index in [0.717, 1.165) is 15.2 Å². The summed E-state index contributed by atoms with van der Waals surface area (Å²) in [6.45, 7) is 0. The van der Waals surface area contributed by atoms with Gasteiger partial charge in [-0.15, -0.1) is 0 Å². The van der Waals surface area contributed by atoms with Crippen LogP contribution in [0.2, 0.25) is 0 Å². The van der Waals surface area contributed by atoms with Crippen LogP contribution >= 0.6 is 15.9 Å². The van der Waals surface area contributed by atoms with Crippen molar-refractivity contribution in [3.05, 3.63) is 34.9 Å². The van der Waals surface area contributed by atoms with Gasteiger partial charge in [0, 0.05) is 22.1 Å². The van der Waals surface area contributed by atoms with Gasteiger partial charge in [-0.05, 0) is 17.5 Å². The van der Waals surface area contributed by atoms with E-state index >= 15 is 0 Å². The first kappa shape index (κ1) is 8.51. The lowest BCUT2D eigenvalue weighted by molar-refractivity contribution is 0.399. The van der Waals surface area contributed by atoms with Gasteiger partial charge in [0.05, 0.1) is 7.11 Å². The summed E-state index contributed by atoms with van der Waals surface area (Å²) in [6.07, 6.45) is 1.80. The van der Waals surface area contributed by atoms with Crippen molar-refractivity contribution in [2.24, 2.45) is 0 Å². The molecule has 0 spiro atoms. The topological polar surface area (TPSA) is 22.1 Å². The molecule has 0 aliphatic heterocycles. The molecule has 0 fully saturated rings. The van der Waals surface area contributed by atoms with E-state index in [2.05, 4.69) is 20.9 Å². The van der Waals surface area contributed by atoms with E-state index in [1.54, 1.807) is 13.3 Å². The van der Waals surface area contributed by atoms with Gasteiger partial charge in [-0.25, -0.2) is 4.98 Å². The second-order valence-electron chi connectivity index (χ2n) is 2.72. The highest BCUT2D eigenvalue weighted by atomic mass is 79.9. The van der Waals surface area contributed by atoms with Crippen LogP contribution in [0.25, 0.3) is 10.8 Å². The number of rotatable bonds is 1. The van der Waals surface area contributed by atoms with Gasteiger partial charge in [-0.2, -0.15) is 0 Å². The largest absolute Gasteiger partial charge is 0.481 e. The van der Waals surface area contributed by atoms with Crippen molar-refractivity contribution >= 4 is 26.7 Å². The number of hydrogen-bond acceptors (Lipinski definition) is 2. The average molecular weight is 238 g/mol. The maximum Gasteiger partial charge on any atom is 0.213 e. The van der Waals surface area contributed by atoms with Crippen LogP contribution in [-0.4, -0.2) is 12.1 Å². The van der Waals surface area contributed by atoms with Crippen molar-refractivity contribution in [1.82, 2.24) is 4.98 Å². The van der Waals surface area contributed by atoms with Crippen LogP contribution in [0.5, 0.6) is 5.88 Å². The molecule has 1 aromatic carbocycles. The molecule has 0 atom stereocenters. The number of hydrogen-bond donors (Lipinski definition) is 0. The molecule has 0 amide bonds. The fourth-order valence-electron chi connectivity index (χ4n) is 1.20. The summed E-state index contributed by atoms with van der Waals surface area (Å²) >= 11 is 3.41. The fourth-order valence-corrected chi connectivity index (χ4v) is 1.58. The van der Waals surface area contributed by atoms with Crippen molar-refractivity contribution in [2.45, 2.75) is 0 Å². The molecule has 2 nitrogen and oxygen atoms in total. The van der Waals surface area contributed by atoms with Gasteiger partial charge in [0.2, 0.25) is 5.88 Å². The quantitative estimate of drug-likeness (QED) is 0.761. The molecule has 1 heterocycles. The van der Waals surface area contributed by atoms with Crippen LogP contribution in [0.3, 0.4) is 0 Å². The number of benzene rings is 1. The molecule has 66 valence electrons. The number of halogens is 1. The van der Waals surface area contributed by atoms with Gasteiger partial charge in [0.15, 0.2) is 0 Å². The summed E-state index contributed by atoms with van der Waals surface area (Å²) in [6, 6.07) is 7.98. The molecule has 2 rings (SSSR count). The van der Waals surface area contributed by atoms with Crippen LogP contribution in [0.4, 0.5) is 0 Å². The molecule has 0 radical (unpaired) electrons. The minimum absolute atomic E-state index is 0.648. The summed E-state index contributed by atoms with van der Waals surface area (Å²) in [5.41, 5.74) is 0. The van der Waals surface area contributed by atoms with E-state index in [1.807, 2.05) is 24.3 Å². The Morgan fingerprint density at radius 3 is 2.85 bits per heavy atom. The van der Waals surface area contributed by atoms with Gasteiger partial charge in [0.25, 0.3) is 0 Å². The number of pyridine rings is 1. The normalized spacial score (nSPS) is 10.3. The lowest BCUT2D eigenvalue weighted by atomic mass is 10.2. The third-order valence-corrected chi connectivity index (χ3v) is 2.36. The van der Waals surface area contributed by atoms with Crippen molar-refractivity contribution in [1.29, 1.82) is 0 Å². The predicted octanol–water partition coefficient (Wildman–Crippen LogP) is 3.01. The Morgan fingerprint density at radius 1 is 1.23 bits per heavy atom. The molecule has 2 aromatic rings. The van der Waals surface area contributed by atoms with Crippen molar-refractivity contribution < 1.29 is 4.74 Å². The number of aromatic nitrogens is 1. The SMILES string of the molecule is COc1cc2ccc(Br)cc2cn1. The molecule has 0 N–H and O–H groups in total. The fraction of sp³-hybridized carbons (Fsp3) is 0.100. The van der Waals surface area contributed by atoms with E-state index < -0.39 is 0 Å². The Balaban J connectivity index is 2.66. The number of fused-ring (bicyclic) bond motifs is 1. The third kappa shape index (κ3) is 1.65. The predicted molar refractivity (Wildman–Crippen MR) is 56.0 cm³/mol.